The van der Waals surface area contributed by atoms with Crippen LogP contribution in [0.1, 0.15) is 52.5 Å². The predicted molar refractivity (Wildman–Crippen MR) is 123 cm³/mol. The van der Waals surface area contributed by atoms with Gasteiger partial charge in [0.25, 0.3) is 5.91 Å². The molecule has 5 rings (SSSR count). The minimum atomic E-state index is -4.51. The standard InChI is InChI=1S/C25H25F3N4O3/c1-2-15-3-6-17(7-4-15)19-12-22(25(26,27)28)32-23(31-19)18(14-30-32)24(33)29-13-16-5-8-20-21(11-16)35-10-9-34-20/h3-8,11,14,19,22,31H,2,9-10,12-13H2,1H3,(H,29,33). The Morgan fingerprint density at radius 2 is 1.83 bits per heavy atom. The highest BCUT2D eigenvalue weighted by Crippen LogP contribution is 2.44. The van der Waals surface area contributed by atoms with Crippen LogP contribution in [0.4, 0.5) is 19.0 Å². The topological polar surface area (TPSA) is 77.4 Å². The Labute approximate surface area is 200 Å². The molecule has 35 heavy (non-hydrogen) atoms. The summed E-state index contributed by atoms with van der Waals surface area (Å²) >= 11 is 0. The number of nitrogens with one attached hydrogen (secondary N) is 2. The van der Waals surface area contributed by atoms with Crippen molar-refractivity contribution in [3.8, 4) is 11.5 Å². The summed E-state index contributed by atoms with van der Waals surface area (Å²) in [5.41, 5.74) is 2.66. The summed E-state index contributed by atoms with van der Waals surface area (Å²) in [7, 11) is 0. The number of aryl methyl sites for hydroxylation is 1. The number of alkyl halides is 3. The van der Waals surface area contributed by atoms with E-state index in [9.17, 15) is 18.0 Å². The molecular weight excluding hydrogens is 461 g/mol. The summed E-state index contributed by atoms with van der Waals surface area (Å²) in [4.78, 5) is 13.0. The fourth-order valence-electron chi connectivity index (χ4n) is 4.41. The second-order valence-corrected chi connectivity index (χ2v) is 8.60. The summed E-state index contributed by atoms with van der Waals surface area (Å²) in [5.74, 6) is 0.773. The van der Waals surface area contributed by atoms with Gasteiger partial charge in [-0.15, -0.1) is 0 Å². The number of fused-ring (bicyclic) bond motifs is 2. The molecule has 0 bridgehead atoms. The predicted octanol–water partition coefficient (Wildman–Crippen LogP) is 4.81. The summed E-state index contributed by atoms with van der Waals surface area (Å²) in [6, 6.07) is 10.4. The van der Waals surface area contributed by atoms with Gasteiger partial charge in [0.1, 0.15) is 24.6 Å². The van der Waals surface area contributed by atoms with Gasteiger partial charge in [-0.25, -0.2) is 4.68 Å². The third kappa shape index (κ3) is 4.65. The third-order valence-corrected chi connectivity index (χ3v) is 6.33. The smallest absolute Gasteiger partial charge is 0.410 e. The summed E-state index contributed by atoms with van der Waals surface area (Å²) in [5, 5.41) is 9.83. The highest BCUT2D eigenvalue weighted by Gasteiger charge is 2.47. The average Bonchev–Trinajstić information content (AvgIpc) is 3.30. The van der Waals surface area contributed by atoms with Crippen molar-refractivity contribution in [1.29, 1.82) is 0 Å². The van der Waals surface area contributed by atoms with E-state index in [1.54, 1.807) is 18.2 Å². The Morgan fingerprint density at radius 3 is 2.54 bits per heavy atom. The van der Waals surface area contributed by atoms with Gasteiger partial charge in [0, 0.05) is 13.0 Å². The number of aromatic nitrogens is 2. The Hall–Kier alpha value is -3.69. The number of amides is 1. The maximum Gasteiger partial charge on any atom is 0.410 e. The lowest BCUT2D eigenvalue weighted by atomic mass is 9.95. The molecule has 0 aliphatic carbocycles. The number of hydrogen-bond acceptors (Lipinski definition) is 5. The van der Waals surface area contributed by atoms with Gasteiger partial charge in [0.15, 0.2) is 17.5 Å². The summed E-state index contributed by atoms with van der Waals surface area (Å²) < 4.78 is 53.7. The van der Waals surface area contributed by atoms with Gasteiger partial charge >= 0.3 is 6.18 Å². The maximum atomic E-state index is 13.9. The van der Waals surface area contributed by atoms with Crippen LogP contribution in [0, 0.1) is 0 Å². The molecular formula is C25H25F3N4O3. The third-order valence-electron chi connectivity index (χ3n) is 6.33. The molecule has 0 saturated carbocycles. The van der Waals surface area contributed by atoms with E-state index < -0.39 is 24.2 Å². The van der Waals surface area contributed by atoms with Gasteiger partial charge in [-0.3, -0.25) is 4.79 Å². The van der Waals surface area contributed by atoms with Crippen molar-refractivity contribution >= 4 is 11.7 Å². The molecule has 2 atom stereocenters. The lowest BCUT2D eigenvalue weighted by molar-refractivity contribution is -0.173. The number of carbonyl (C=O) groups is 1. The average molecular weight is 486 g/mol. The normalized spacial score (nSPS) is 19.0. The Kier molecular flexibility index (Phi) is 6.04. The molecule has 2 unspecified atom stereocenters. The van der Waals surface area contributed by atoms with Crippen molar-refractivity contribution in [1.82, 2.24) is 15.1 Å². The van der Waals surface area contributed by atoms with Crippen molar-refractivity contribution < 1.29 is 27.4 Å². The van der Waals surface area contributed by atoms with E-state index in [1.807, 2.05) is 31.2 Å². The van der Waals surface area contributed by atoms with Crippen LogP contribution in [0.2, 0.25) is 0 Å². The zero-order valence-electron chi connectivity index (χ0n) is 19.1. The van der Waals surface area contributed by atoms with Crippen LogP contribution in [0.15, 0.2) is 48.7 Å². The van der Waals surface area contributed by atoms with Crippen molar-refractivity contribution in [2.24, 2.45) is 0 Å². The van der Waals surface area contributed by atoms with Gasteiger partial charge in [-0.2, -0.15) is 18.3 Å². The molecule has 2 aromatic carbocycles. The van der Waals surface area contributed by atoms with Gasteiger partial charge in [-0.05, 0) is 35.2 Å². The molecule has 2 N–H and O–H groups in total. The van der Waals surface area contributed by atoms with Crippen LogP contribution in [0.5, 0.6) is 11.5 Å². The number of carbonyl (C=O) groups excluding carboxylic acids is 1. The first-order valence-corrected chi connectivity index (χ1v) is 11.5. The number of rotatable bonds is 5. The van der Waals surface area contributed by atoms with Crippen LogP contribution in [0.3, 0.4) is 0 Å². The SMILES string of the molecule is CCc1ccc(C2CC(C(F)(F)F)n3ncc(C(=O)NCc4ccc5c(c4)OCCO5)c3N2)cc1. The van der Waals surface area contributed by atoms with Gasteiger partial charge < -0.3 is 20.1 Å². The van der Waals surface area contributed by atoms with Crippen LogP contribution >= 0.6 is 0 Å². The molecule has 0 radical (unpaired) electrons. The van der Waals surface area contributed by atoms with E-state index in [2.05, 4.69) is 15.7 Å². The molecule has 1 aromatic heterocycles. The first kappa shape index (κ1) is 23.1. The Morgan fingerprint density at radius 1 is 1.11 bits per heavy atom. The number of ether oxygens (including phenoxy) is 2. The largest absolute Gasteiger partial charge is 0.486 e. The monoisotopic (exact) mass is 486 g/mol. The van der Waals surface area contributed by atoms with Crippen molar-refractivity contribution in [2.75, 3.05) is 18.5 Å². The van der Waals surface area contributed by atoms with Crippen molar-refractivity contribution in [2.45, 2.75) is 44.6 Å². The zero-order chi connectivity index (χ0) is 24.6. The highest BCUT2D eigenvalue weighted by atomic mass is 19.4. The molecule has 0 saturated heterocycles. The number of halogens is 3. The first-order chi connectivity index (χ1) is 16.8. The fraction of sp³-hybridized carbons (Fsp3) is 0.360. The molecule has 10 heteroatoms. The lowest BCUT2D eigenvalue weighted by Crippen LogP contribution is -2.36. The first-order valence-electron chi connectivity index (χ1n) is 11.5. The highest BCUT2D eigenvalue weighted by molar-refractivity contribution is 5.98. The summed E-state index contributed by atoms with van der Waals surface area (Å²) in [6.45, 7) is 3.11. The fourth-order valence-corrected chi connectivity index (χ4v) is 4.41. The van der Waals surface area contributed by atoms with Crippen molar-refractivity contribution in [3.63, 3.8) is 0 Å². The van der Waals surface area contributed by atoms with Gasteiger partial charge in [0.05, 0.1) is 12.2 Å². The van der Waals surface area contributed by atoms with E-state index in [4.69, 9.17) is 9.47 Å². The quantitative estimate of drug-likeness (QED) is 0.542. The molecule has 1 amide bonds. The van der Waals surface area contributed by atoms with E-state index >= 15 is 0 Å². The van der Waals surface area contributed by atoms with Gasteiger partial charge in [0.2, 0.25) is 0 Å². The maximum absolute atomic E-state index is 13.9. The Balaban J connectivity index is 1.37. The number of nitrogens with zero attached hydrogens (tertiary/aromatic N) is 2. The molecule has 184 valence electrons. The molecule has 2 aliphatic rings. The van der Waals surface area contributed by atoms with E-state index in [0.29, 0.717) is 24.7 Å². The van der Waals surface area contributed by atoms with E-state index in [0.717, 1.165) is 27.8 Å². The van der Waals surface area contributed by atoms with Crippen LogP contribution in [-0.2, 0) is 13.0 Å². The van der Waals surface area contributed by atoms with E-state index in [-0.39, 0.29) is 24.3 Å². The number of benzene rings is 2. The van der Waals surface area contributed by atoms with Crippen molar-refractivity contribution in [3.05, 3.63) is 70.9 Å². The minimum absolute atomic E-state index is 0.0582. The molecule has 3 aromatic rings. The van der Waals surface area contributed by atoms with Gasteiger partial charge in [-0.1, -0.05) is 37.3 Å². The molecule has 3 heterocycles. The second kappa shape index (κ2) is 9.16. The van der Waals surface area contributed by atoms with E-state index in [1.165, 1.54) is 6.20 Å². The molecule has 0 spiro atoms. The second-order valence-electron chi connectivity index (χ2n) is 8.60. The zero-order valence-corrected chi connectivity index (χ0v) is 19.1. The van der Waals surface area contributed by atoms with Crippen LogP contribution < -0.4 is 20.1 Å². The molecule has 2 aliphatic heterocycles. The Bertz CT molecular complexity index is 1220. The molecule has 0 fully saturated rings. The van der Waals surface area contributed by atoms with Crippen LogP contribution in [0.25, 0.3) is 0 Å². The number of anilines is 1. The number of hydrogen-bond donors (Lipinski definition) is 2. The lowest BCUT2D eigenvalue weighted by Gasteiger charge is -2.34. The summed E-state index contributed by atoms with van der Waals surface area (Å²) in [6.07, 6.45) is -2.71. The molecule has 7 nitrogen and oxygen atoms in total. The minimum Gasteiger partial charge on any atom is -0.486 e. The van der Waals surface area contributed by atoms with Crippen LogP contribution in [-0.4, -0.2) is 35.1 Å².